The van der Waals surface area contributed by atoms with Crippen LogP contribution in [0.2, 0.25) is 0 Å². The maximum absolute atomic E-state index is 10.4. The first-order valence-corrected chi connectivity index (χ1v) is 4.31. The third-order valence-electron chi connectivity index (χ3n) is 1.59. The Bertz CT molecular complexity index is 389. The van der Waals surface area contributed by atoms with Gasteiger partial charge in [-0.15, -0.1) is 0 Å². The predicted molar refractivity (Wildman–Crippen MR) is 49.6 cm³/mol. The lowest BCUT2D eigenvalue weighted by Crippen LogP contribution is -2.01. The van der Waals surface area contributed by atoms with Gasteiger partial charge in [0.2, 0.25) is 0 Å². The van der Waals surface area contributed by atoms with E-state index in [0.717, 1.165) is 17.6 Å². The summed E-state index contributed by atoms with van der Waals surface area (Å²) >= 11 is 0.776. The molecule has 0 atom stereocenters. The van der Waals surface area contributed by atoms with Crippen molar-refractivity contribution in [2.75, 3.05) is 0 Å². The molecule has 2 rings (SSSR count). The smallest absolute Gasteiger partial charge is 0.342 e. The van der Waals surface area contributed by atoms with Gasteiger partial charge in [-0.1, -0.05) is 18.2 Å². The zero-order valence-corrected chi connectivity index (χ0v) is 7.28. The zero-order chi connectivity index (χ0) is 9.26. The maximum atomic E-state index is 10.4. The first-order valence-electron chi connectivity index (χ1n) is 3.57. The van der Waals surface area contributed by atoms with E-state index < -0.39 is 4.92 Å². The molecule has 0 aliphatic carbocycles. The molecule has 0 saturated heterocycles. The Hall–Kier alpha value is -1.49. The topological polar surface area (TPSA) is 52.4 Å². The number of para-hydroxylation sites is 1. The van der Waals surface area contributed by atoms with E-state index in [1.165, 1.54) is 6.08 Å². The Morgan fingerprint density at radius 3 is 2.92 bits per heavy atom. The van der Waals surface area contributed by atoms with Crippen molar-refractivity contribution in [3.63, 3.8) is 0 Å². The van der Waals surface area contributed by atoms with Crippen LogP contribution in [0.5, 0.6) is 5.75 Å². The normalized spacial score (nSPS) is 14.0. The summed E-state index contributed by atoms with van der Waals surface area (Å²) in [4.78, 5) is 9.94. The molecule has 0 saturated carbocycles. The number of benzene rings is 1. The molecule has 0 spiro atoms. The van der Waals surface area contributed by atoms with E-state index in [4.69, 9.17) is 4.18 Å². The van der Waals surface area contributed by atoms with Crippen LogP contribution in [0.15, 0.2) is 29.3 Å². The Kier molecular flexibility index (Phi) is 1.94. The van der Waals surface area contributed by atoms with E-state index in [9.17, 15) is 10.1 Å². The van der Waals surface area contributed by atoms with Crippen molar-refractivity contribution in [2.24, 2.45) is 0 Å². The van der Waals surface area contributed by atoms with Gasteiger partial charge >= 0.3 is 5.03 Å². The maximum Gasteiger partial charge on any atom is 0.342 e. The van der Waals surface area contributed by atoms with Gasteiger partial charge in [-0.3, -0.25) is 10.1 Å². The minimum atomic E-state index is -0.458. The second-order valence-electron chi connectivity index (χ2n) is 2.44. The highest BCUT2D eigenvalue weighted by Crippen LogP contribution is 2.33. The molecular formula is C8H5NO3S. The summed E-state index contributed by atoms with van der Waals surface area (Å²) in [5, 5.41) is 10.4. The first kappa shape index (κ1) is 8.12. The largest absolute Gasteiger partial charge is 0.414 e. The third-order valence-corrected chi connectivity index (χ3v) is 2.30. The standard InChI is InChI=1S/C8H5NO3S/c10-9(11)8-5-6-3-1-2-4-7(6)12-13-8/h1-5H. The minimum Gasteiger partial charge on any atom is -0.414 e. The average molecular weight is 195 g/mol. The fourth-order valence-corrected chi connectivity index (χ4v) is 1.57. The van der Waals surface area contributed by atoms with Crippen LogP contribution in [0.1, 0.15) is 5.56 Å². The van der Waals surface area contributed by atoms with Crippen molar-refractivity contribution in [3.8, 4) is 5.75 Å². The molecule has 0 amide bonds. The second kappa shape index (κ2) is 3.10. The number of fused-ring (bicyclic) bond motifs is 1. The van der Waals surface area contributed by atoms with E-state index in [-0.39, 0.29) is 5.03 Å². The van der Waals surface area contributed by atoms with Crippen molar-refractivity contribution < 1.29 is 9.11 Å². The lowest BCUT2D eigenvalue weighted by molar-refractivity contribution is -0.409. The van der Waals surface area contributed by atoms with Crippen LogP contribution in [-0.2, 0) is 0 Å². The number of rotatable bonds is 1. The van der Waals surface area contributed by atoms with Crippen LogP contribution >= 0.6 is 12.0 Å². The Morgan fingerprint density at radius 2 is 2.15 bits per heavy atom. The molecular weight excluding hydrogens is 190 g/mol. The van der Waals surface area contributed by atoms with Crippen molar-refractivity contribution in [1.82, 2.24) is 0 Å². The molecule has 0 fully saturated rings. The fraction of sp³-hybridized carbons (Fsp3) is 0. The molecule has 66 valence electrons. The van der Waals surface area contributed by atoms with Crippen molar-refractivity contribution in [1.29, 1.82) is 0 Å². The minimum absolute atomic E-state index is 0.0127. The molecule has 1 heterocycles. The molecule has 0 radical (unpaired) electrons. The predicted octanol–water partition coefficient (Wildman–Crippen LogP) is 2.30. The van der Waals surface area contributed by atoms with Crippen LogP contribution < -0.4 is 4.18 Å². The molecule has 13 heavy (non-hydrogen) atoms. The second-order valence-corrected chi connectivity index (χ2v) is 3.20. The van der Waals surface area contributed by atoms with Crippen LogP contribution in [0, 0.1) is 10.1 Å². The van der Waals surface area contributed by atoms with Gasteiger partial charge in [0.25, 0.3) is 0 Å². The molecule has 0 N–H and O–H groups in total. The Labute approximate surface area is 78.6 Å². The number of hydrogen-bond donors (Lipinski definition) is 0. The van der Waals surface area contributed by atoms with E-state index in [2.05, 4.69) is 0 Å². The highest BCUT2D eigenvalue weighted by Gasteiger charge is 2.20. The SMILES string of the molecule is O=[N+]([O-])C1=Cc2ccccc2OS1. The molecule has 0 unspecified atom stereocenters. The van der Waals surface area contributed by atoms with E-state index in [1.54, 1.807) is 12.1 Å². The van der Waals surface area contributed by atoms with Gasteiger partial charge in [0.15, 0.2) is 12.0 Å². The molecule has 5 heteroatoms. The number of nitro groups is 1. The van der Waals surface area contributed by atoms with E-state index in [0.29, 0.717) is 5.75 Å². The molecule has 4 nitrogen and oxygen atoms in total. The van der Waals surface area contributed by atoms with Gasteiger partial charge in [0.1, 0.15) is 5.75 Å². The lowest BCUT2D eigenvalue weighted by Gasteiger charge is -2.09. The Morgan fingerprint density at radius 1 is 1.38 bits per heavy atom. The van der Waals surface area contributed by atoms with Crippen LogP contribution in [0.25, 0.3) is 6.08 Å². The van der Waals surface area contributed by atoms with Gasteiger partial charge in [-0.25, -0.2) is 0 Å². The van der Waals surface area contributed by atoms with Crippen molar-refractivity contribution in [3.05, 3.63) is 45.0 Å². The van der Waals surface area contributed by atoms with E-state index >= 15 is 0 Å². The third kappa shape index (κ3) is 1.50. The first-order chi connectivity index (χ1) is 6.27. The summed E-state index contributed by atoms with van der Waals surface area (Å²) in [5.41, 5.74) is 0.743. The zero-order valence-electron chi connectivity index (χ0n) is 6.47. The summed E-state index contributed by atoms with van der Waals surface area (Å²) in [7, 11) is 0. The van der Waals surface area contributed by atoms with Gasteiger partial charge < -0.3 is 4.18 Å². The van der Waals surface area contributed by atoms with E-state index in [1.807, 2.05) is 12.1 Å². The van der Waals surface area contributed by atoms with Crippen LogP contribution in [-0.4, -0.2) is 4.92 Å². The highest BCUT2D eigenvalue weighted by molar-refractivity contribution is 7.98. The van der Waals surface area contributed by atoms with Gasteiger partial charge in [-0.2, -0.15) is 0 Å². The molecule has 0 aromatic heterocycles. The summed E-state index contributed by atoms with van der Waals surface area (Å²) in [6.07, 6.45) is 1.50. The molecule has 1 aromatic rings. The fourth-order valence-electron chi connectivity index (χ4n) is 1.00. The summed E-state index contributed by atoms with van der Waals surface area (Å²) in [6, 6.07) is 7.19. The van der Waals surface area contributed by atoms with Crippen molar-refractivity contribution in [2.45, 2.75) is 0 Å². The Balaban J connectivity index is 2.44. The monoisotopic (exact) mass is 195 g/mol. The van der Waals surface area contributed by atoms with Crippen LogP contribution in [0.4, 0.5) is 0 Å². The van der Waals surface area contributed by atoms with Gasteiger partial charge in [0.05, 0.1) is 4.92 Å². The average Bonchev–Trinajstić information content (AvgIpc) is 2.17. The van der Waals surface area contributed by atoms with Crippen molar-refractivity contribution >= 4 is 18.1 Å². The molecule has 1 aliphatic heterocycles. The quantitative estimate of drug-likeness (QED) is 0.392. The molecule has 1 aliphatic rings. The molecule has 1 aromatic carbocycles. The van der Waals surface area contributed by atoms with Crippen LogP contribution in [0.3, 0.4) is 0 Å². The van der Waals surface area contributed by atoms with Gasteiger partial charge in [0, 0.05) is 11.6 Å². The highest BCUT2D eigenvalue weighted by atomic mass is 32.2. The summed E-state index contributed by atoms with van der Waals surface area (Å²) in [6.45, 7) is 0. The van der Waals surface area contributed by atoms with Gasteiger partial charge in [-0.05, 0) is 6.07 Å². The lowest BCUT2D eigenvalue weighted by atomic mass is 10.2. The summed E-state index contributed by atoms with van der Waals surface area (Å²) in [5.74, 6) is 0.665. The molecule has 0 bridgehead atoms. The number of nitrogens with zero attached hydrogens (tertiary/aromatic N) is 1. The summed E-state index contributed by atoms with van der Waals surface area (Å²) < 4.78 is 5.10. The number of hydrogen-bond acceptors (Lipinski definition) is 4.